The average Bonchev–Trinajstić information content (AvgIpc) is 3.37. The lowest BCUT2D eigenvalue weighted by Gasteiger charge is -2.52. The van der Waals surface area contributed by atoms with E-state index in [9.17, 15) is 9.59 Å². The van der Waals surface area contributed by atoms with Crippen LogP contribution in [0.15, 0.2) is 29.6 Å². The van der Waals surface area contributed by atoms with E-state index in [1.165, 1.54) is 31.8 Å². The van der Waals surface area contributed by atoms with Gasteiger partial charge in [-0.1, -0.05) is 11.3 Å². The second kappa shape index (κ2) is 10.0. The number of nitrogens with zero attached hydrogens (tertiary/aromatic N) is 4. The number of pyridine rings is 1. The van der Waals surface area contributed by atoms with E-state index in [4.69, 9.17) is 24.5 Å². The molecule has 206 valence electrons. The summed E-state index contributed by atoms with van der Waals surface area (Å²) < 4.78 is 32.0. The summed E-state index contributed by atoms with van der Waals surface area (Å²) in [5.41, 5.74) is 1.49. The topological polar surface area (TPSA) is 139 Å². The zero-order valence-electron chi connectivity index (χ0n) is 21.9. The molecule has 2 aromatic heterocycles. The molecule has 2 fully saturated rings. The van der Waals surface area contributed by atoms with Crippen LogP contribution >= 0.6 is 11.3 Å². The number of aromatic nitrogens is 2. The SMILES string of the molecule is COc1ccc2nc(N3C4COCC3C4)sc2c1C(=O)Nc1cnc(OC)c(F)c1C(=O)NC1=C(C)C(C#N)C1. The van der Waals surface area contributed by atoms with Crippen LogP contribution in [-0.2, 0) is 4.74 Å². The number of hydrogen-bond acceptors (Lipinski definition) is 10. The van der Waals surface area contributed by atoms with E-state index in [1.807, 2.05) is 0 Å². The molecule has 3 atom stereocenters. The molecular formula is C27H25FN6O5S. The van der Waals surface area contributed by atoms with Crippen LogP contribution in [0, 0.1) is 23.1 Å². The molecule has 1 aromatic carbocycles. The third kappa shape index (κ3) is 4.11. The summed E-state index contributed by atoms with van der Waals surface area (Å²) in [4.78, 5) is 37.8. The summed E-state index contributed by atoms with van der Waals surface area (Å²) in [6, 6.07) is 6.08. The van der Waals surface area contributed by atoms with Crippen LogP contribution in [0.1, 0.15) is 40.5 Å². The average molecular weight is 565 g/mol. The van der Waals surface area contributed by atoms with E-state index >= 15 is 4.39 Å². The second-order valence-electron chi connectivity index (χ2n) is 9.80. The normalized spacial score (nSPS) is 21.3. The number of fused-ring (bicyclic) bond motifs is 3. The zero-order chi connectivity index (χ0) is 28.1. The molecule has 6 rings (SSSR count). The van der Waals surface area contributed by atoms with Crippen molar-refractivity contribution in [1.29, 1.82) is 5.26 Å². The molecule has 1 aliphatic carbocycles. The van der Waals surface area contributed by atoms with Crippen LogP contribution in [0.5, 0.6) is 11.6 Å². The van der Waals surface area contributed by atoms with Crippen molar-refractivity contribution in [1.82, 2.24) is 15.3 Å². The molecular weight excluding hydrogens is 539 g/mol. The molecule has 40 heavy (non-hydrogen) atoms. The van der Waals surface area contributed by atoms with Crippen molar-refractivity contribution in [2.75, 3.05) is 37.7 Å². The van der Waals surface area contributed by atoms with Crippen LogP contribution in [0.25, 0.3) is 10.2 Å². The van der Waals surface area contributed by atoms with Crippen molar-refractivity contribution < 1.29 is 28.2 Å². The number of allylic oxidation sites excluding steroid dienone is 2. The predicted octanol–water partition coefficient (Wildman–Crippen LogP) is 3.62. The fourth-order valence-electron chi connectivity index (χ4n) is 5.31. The van der Waals surface area contributed by atoms with Crippen molar-refractivity contribution in [3.05, 3.63) is 46.5 Å². The molecule has 2 aliphatic heterocycles. The summed E-state index contributed by atoms with van der Waals surface area (Å²) in [5, 5.41) is 15.2. The molecule has 2 bridgehead atoms. The quantitative estimate of drug-likeness (QED) is 0.440. The van der Waals surface area contributed by atoms with Crippen LogP contribution in [0.2, 0.25) is 0 Å². The molecule has 0 spiro atoms. The Labute approximate surface area is 232 Å². The number of carbonyl (C=O) groups excluding carboxylic acids is 2. The molecule has 2 N–H and O–H groups in total. The maximum Gasteiger partial charge on any atom is 0.261 e. The first kappa shape index (κ1) is 26.0. The van der Waals surface area contributed by atoms with Gasteiger partial charge in [0.2, 0.25) is 0 Å². The van der Waals surface area contributed by atoms with Gasteiger partial charge in [-0.15, -0.1) is 0 Å². The first-order valence-electron chi connectivity index (χ1n) is 12.6. The standard InChI is InChI=1S/C27H25FN6O5S/c1-12-13(8-29)6-17(12)31-24(35)20-18(9-30-26(38-3)22(20)28)32-25(36)21-19(37-2)5-4-16-23(21)40-27(33-16)34-14-7-15(34)11-39-10-14/h4-5,9,13-15H,6-7,10-11H2,1-3H3,(H,31,35)(H,32,36). The summed E-state index contributed by atoms with van der Waals surface area (Å²) in [6.07, 6.45) is 2.55. The number of rotatable bonds is 7. The molecule has 3 aromatic rings. The van der Waals surface area contributed by atoms with Crippen molar-refractivity contribution in [3.63, 3.8) is 0 Å². The molecule has 13 heteroatoms. The fraction of sp³-hybridized carbons (Fsp3) is 0.370. The number of halogens is 1. The molecule has 3 unspecified atom stereocenters. The molecule has 2 saturated heterocycles. The van der Waals surface area contributed by atoms with Gasteiger partial charge in [0.05, 0.1) is 73.6 Å². The first-order chi connectivity index (χ1) is 19.3. The fourth-order valence-corrected chi connectivity index (χ4v) is 6.55. The number of benzene rings is 1. The van der Waals surface area contributed by atoms with Gasteiger partial charge in [-0.05, 0) is 31.1 Å². The highest BCUT2D eigenvalue weighted by atomic mass is 32.1. The Morgan fingerprint density at radius 1 is 1.18 bits per heavy atom. The predicted molar refractivity (Wildman–Crippen MR) is 144 cm³/mol. The van der Waals surface area contributed by atoms with Gasteiger partial charge in [-0.3, -0.25) is 9.59 Å². The van der Waals surface area contributed by atoms with E-state index in [1.54, 1.807) is 19.1 Å². The van der Waals surface area contributed by atoms with Crippen molar-refractivity contribution >= 4 is 44.2 Å². The molecule has 2 amide bonds. The third-order valence-electron chi connectivity index (χ3n) is 7.61. The van der Waals surface area contributed by atoms with Gasteiger partial charge in [0.25, 0.3) is 17.7 Å². The van der Waals surface area contributed by atoms with Gasteiger partial charge < -0.3 is 29.7 Å². The number of morpholine rings is 1. The summed E-state index contributed by atoms with van der Waals surface area (Å²) in [7, 11) is 2.68. The Morgan fingerprint density at radius 2 is 1.93 bits per heavy atom. The Balaban J connectivity index is 1.35. The van der Waals surface area contributed by atoms with E-state index in [0.717, 1.165) is 11.6 Å². The van der Waals surface area contributed by atoms with Crippen LogP contribution in [0.3, 0.4) is 0 Å². The molecule has 0 saturated carbocycles. The summed E-state index contributed by atoms with van der Waals surface area (Å²) in [5.74, 6) is -2.83. The highest BCUT2D eigenvalue weighted by Gasteiger charge is 2.44. The number of thiazole rings is 1. The van der Waals surface area contributed by atoms with Crippen LogP contribution in [0.4, 0.5) is 15.2 Å². The molecule has 0 radical (unpaired) electrons. The van der Waals surface area contributed by atoms with Gasteiger partial charge in [0.1, 0.15) is 16.9 Å². The Hall–Kier alpha value is -4.28. The second-order valence-corrected chi connectivity index (χ2v) is 10.8. The maximum atomic E-state index is 15.4. The van der Waals surface area contributed by atoms with Gasteiger partial charge >= 0.3 is 0 Å². The van der Waals surface area contributed by atoms with E-state index in [2.05, 4.69) is 26.6 Å². The number of methoxy groups -OCH3 is 2. The number of nitrogens with one attached hydrogen (secondary N) is 2. The zero-order valence-corrected chi connectivity index (χ0v) is 22.7. The number of hydrogen-bond donors (Lipinski definition) is 2. The minimum absolute atomic E-state index is 0.145. The van der Waals surface area contributed by atoms with Gasteiger partial charge in [0.15, 0.2) is 10.9 Å². The van der Waals surface area contributed by atoms with Gasteiger partial charge in [-0.2, -0.15) is 5.26 Å². The minimum atomic E-state index is -1.02. The van der Waals surface area contributed by atoms with E-state index < -0.39 is 29.1 Å². The largest absolute Gasteiger partial charge is 0.496 e. The Kier molecular flexibility index (Phi) is 6.52. The number of amides is 2. The van der Waals surface area contributed by atoms with Crippen LogP contribution in [-0.4, -0.2) is 61.3 Å². The maximum absolute atomic E-state index is 15.4. The number of carbonyl (C=O) groups is 2. The van der Waals surface area contributed by atoms with Crippen LogP contribution < -0.4 is 25.0 Å². The van der Waals surface area contributed by atoms with Crippen molar-refractivity contribution in [3.8, 4) is 17.7 Å². The smallest absolute Gasteiger partial charge is 0.261 e. The van der Waals surface area contributed by atoms with Crippen molar-refractivity contribution in [2.24, 2.45) is 5.92 Å². The van der Waals surface area contributed by atoms with Gasteiger partial charge in [0, 0.05) is 12.1 Å². The number of ether oxygens (including phenoxy) is 3. The van der Waals surface area contributed by atoms with E-state index in [0.29, 0.717) is 46.9 Å². The first-order valence-corrected chi connectivity index (χ1v) is 13.4. The number of anilines is 2. The van der Waals surface area contributed by atoms with Crippen molar-refractivity contribution in [2.45, 2.75) is 31.8 Å². The van der Waals surface area contributed by atoms with E-state index in [-0.39, 0.29) is 29.3 Å². The minimum Gasteiger partial charge on any atom is -0.496 e. The summed E-state index contributed by atoms with van der Waals surface area (Å²) >= 11 is 1.37. The lowest BCUT2D eigenvalue weighted by molar-refractivity contribution is 0.0103. The molecule has 4 heterocycles. The summed E-state index contributed by atoms with van der Waals surface area (Å²) in [6.45, 7) is 3.00. The Bertz CT molecular complexity index is 1620. The highest BCUT2D eigenvalue weighted by Crippen LogP contribution is 2.42. The third-order valence-corrected chi connectivity index (χ3v) is 8.71. The lowest BCUT2D eigenvalue weighted by Crippen LogP contribution is -2.64. The lowest BCUT2D eigenvalue weighted by atomic mass is 9.83. The Morgan fingerprint density at radius 3 is 2.58 bits per heavy atom. The molecule has 3 aliphatic rings. The highest BCUT2D eigenvalue weighted by molar-refractivity contribution is 7.22. The number of nitriles is 1. The monoisotopic (exact) mass is 564 g/mol. The van der Waals surface area contributed by atoms with Gasteiger partial charge in [-0.25, -0.2) is 14.4 Å². The molecule has 11 nitrogen and oxygen atoms in total.